The number of amides is 1. The monoisotopic (exact) mass is 319 g/mol. The zero-order valence-corrected chi connectivity index (χ0v) is 13.7. The molecule has 126 valence electrons. The van der Waals surface area contributed by atoms with Crippen molar-refractivity contribution in [2.24, 2.45) is 5.92 Å². The predicted molar refractivity (Wildman–Crippen MR) is 90.6 cm³/mol. The van der Waals surface area contributed by atoms with Crippen molar-refractivity contribution in [2.75, 3.05) is 24.5 Å². The molecule has 1 amide bonds. The first-order chi connectivity index (χ1) is 11.1. The lowest BCUT2D eigenvalue weighted by Crippen LogP contribution is -2.41. The second kappa shape index (κ2) is 8.50. The fourth-order valence-corrected chi connectivity index (χ4v) is 3.00. The summed E-state index contributed by atoms with van der Waals surface area (Å²) in [5, 5.41) is 14.1. The van der Waals surface area contributed by atoms with Gasteiger partial charge in [-0.25, -0.2) is 0 Å². The first-order valence-corrected chi connectivity index (χ1v) is 8.39. The summed E-state index contributed by atoms with van der Waals surface area (Å²) in [6, 6.07) is 6.80. The number of nitro benzene ring substituents is 1. The van der Waals surface area contributed by atoms with Crippen molar-refractivity contribution in [1.82, 2.24) is 5.32 Å². The fourth-order valence-electron chi connectivity index (χ4n) is 3.00. The number of carbonyl (C=O) groups is 1. The Bertz CT molecular complexity index is 540. The average molecular weight is 319 g/mol. The smallest absolute Gasteiger partial charge is 0.292 e. The van der Waals surface area contributed by atoms with E-state index in [-0.39, 0.29) is 22.4 Å². The molecule has 0 aliphatic carbocycles. The quantitative estimate of drug-likeness (QED) is 0.476. The summed E-state index contributed by atoms with van der Waals surface area (Å²) in [7, 11) is 0. The van der Waals surface area contributed by atoms with E-state index in [1.165, 1.54) is 6.07 Å². The lowest BCUT2D eigenvalue weighted by molar-refractivity contribution is -0.384. The summed E-state index contributed by atoms with van der Waals surface area (Å²) in [6.07, 6.45) is 4.79. The molecule has 1 aromatic rings. The molecule has 2 rings (SSSR count). The van der Waals surface area contributed by atoms with Gasteiger partial charge in [0.15, 0.2) is 0 Å². The minimum absolute atomic E-state index is 0.0237. The predicted octanol–water partition coefficient (Wildman–Crippen LogP) is 3.12. The van der Waals surface area contributed by atoms with Crippen molar-refractivity contribution in [3.8, 4) is 0 Å². The molecule has 1 saturated heterocycles. The number of rotatable bonds is 7. The maximum atomic E-state index is 12.1. The second-order valence-electron chi connectivity index (χ2n) is 6.01. The lowest BCUT2D eigenvalue weighted by atomic mass is 9.95. The van der Waals surface area contributed by atoms with Gasteiger partial charge in [-0.15, -0.1) is 0 Å². The van der Waals surface area contributed by atoms with Gasteiger partial charge in [-0.1, -0.05) is 31.9 Å². The lowest BCUT2D eigenvalue weighted by Gasteiger charge is -2.32. The number of para-hydroxylation sites is 2. The number of anilines is 1. The van der Waals surface area contributed by atoms with E-state index < -0.39 is 0 Å². The van der Waals surface area contributed by atoms with Crippen LogP contribution in [-0.2, 0) is 4.79 Å². The Balaban J connectivity index is 1.87. The highest BCUT2D eigenvalue weighted by atomic mass is 16.6. The van der Waals surface area contributed by atoms with Gasteiger partial charge in [-0.2, -0.15) is 0 Å². The third kappa shape index (κ3) is 4.68. The molecule has 0 bridgehead atoms. The molecular formula is C17H25N3O3. The van der Waals surface area contributed by atoms with Gasteiger partial charge in [-0.3, -0.25) is 14.9 Å². The Kier molecular flexibility index (Phi) is 6.38. The van der Waals surface area contributed by atoms with Crippen molar-refractivity contribution in [3.05, 3.63) is 34.4 Å². The van der Waals surface area contributed by atoms with Crippen LogP contribution in [0.4, 0.5) is 11.4 Å². The normalized spacial score (nSPS) is 15.4. The van der Waals surface area contributed by atoms with Gasteiger partial charge < -0.3 is 10.2 Å². The van der Waals surface area contributed by atoms with E-state index in [1.807, 2.05) is 11.0 Å². The number of unbranched alkanes of at least 4 members (excludes halogenated alkanes) is 2. The zero-order chi connectivity index (χ0) is 16.7. The molecule has 0 radical (unpaired) electrons. The Morgan fingerprint density at radius 2 is 2.00 bits per heavy atom. The number of nitro groups is 1. The standard InChI is InChI=1S/C17H25N3O3/c1-2-3-6-11-18-17(21)14-9-12-19(13-10-14)15-7-4-5-8-16(15)20(22)23/h4-5,7-8,14H,2-3,6,9-13H2,1H3,(H,18,21). The second-order valence-corrected chi connectivity index (χ2v) is 6.01. The van der Waals surface area contributed by atoms with E-state index in [9.17, 15) is 14.9 Å². The topological polar surface area (TPSA) is 75.5 Å². The number of nitrogens with zero attached hydrogens (tertiary/aromatic N) is 2. The molecule has 1 aliphatic rings. The molecule has 23 heavy (non-hydrogen) atoms. The van der Waals surface area contributed by atoms with Gasteiger partial charge in [0.25, 0.3) is 5.69 Å². The number of benzene rings is 1. The van der Waals surface area contributed by atoms with Gasteiger partial charge >= 0.3 is 0 Å². The van der Waals surface area contributed by atoms with Crippen LogP contribution in [0.1, 0.15) is 39.0 Å². The van der Waals surface area contributed by atoms with Crippen LogP contribution < -0.4 is 10.2 Å². The van der Waals surface area contributed by atoms with Crippen molar-refractivity contribution < 1.29 is 9.72 Å². The van der Waals surface area contributed by atoms with Crippen LogP contribution >= 0.6 is 0 Å². The summed E-state index contributed by atoms with van der Waals surface area (Å²) in [4.78, 5) is 24.9. The summed E-state index contributed by atoms with van der Waals surface area (Å²) in [5.74, 6) is 0.152. The van der Waals surface area contributed by atoms with Crippen LogP contribution in [0.3, 0.4) is 0 Å². The van der Waals surface area contributed by atoms with Gasteiger partial charge in [0.2, 0.25) is 5.91 Å². The van der Waals surface area contributed by atoms with Gasteiger partial charge in [-0.05, 0) is 25.3 Å². The van der Waals surface area contributed by atoms with E-state index >= 15 is 0 Å². The Labute approximate surface area is 137 Å². The van der Waals surface area contributed by atoms with Crippen LogP contribution in [0.25, 0.3) is 0 Å². The minimum atomic E-state index is -0.345. The molecule has 6 heteroatoms. The van der Waals surface area contributed by atoms with Crippen molar-refractivity contribution in [1.29, 1.82) is 0 Å². The first kappa shape index (κ1) is 17.2. The summed E-state index contributed by atoms with van der Waals surface area (Å²) in [6.45, 7) is 4.24. The van der Waals surface area contributed by atoms with Gasteiger partial charge in [0, 0.05) is 31.6 Å². The number of nitrogens with one attached hydrogen (secondary N) is 1. The first-order valence-electron chi connectivity index (χ1n) is 8.39. The maximum absolute atomic E-state index is 12.1. The van der Waals surface area contributed by atoms with E-state index in [2.05, 4.69) is 12.2 Å². The van der Waals surface area contributed by atoms with E-state index in [0.717, 1.165) is 38.6 Å². The average Bonchev–Trinajstić information content (AvgIpc) is 2.58. The molecular weight excluding hydrogens is 294 g/mol. The third-order valence-corrected chi connectivity index (χ3v) is 4.36. The highest BCUT2D eigenvalue weighted by Crippen LogP contribution is 2.31. The maximum Gasteiger partial charge on any atom is 0.292 e. The SMILES string of the molecule is CCCCCNC(=O)C1CCN(c2ccccc2[N+](=O)[O-])CC1. The number of hydrogen-bond donors (Lipinski definition) is 1. The molecule has 1 aliphatic heterocycles. The van der Waals surface area contributed by atoms with E-state index in [4.69, 9.17) is 0 Å². The van der Waals surface area contributed by atoms with Crippen LogP contribution in [0.5, 0.6) is 0 Å². The van der Waals surface area contributed by atoms with E-state index in [1.54, 1.807) is 12.1 Å². The van der Waals surface area contributed by atoms with Gasteiger partial charge in [0.05, 0.1) is 4.92 Å². The summed E-state index contributed by atoms with van der Waals surface area (Å²) >= 11 is 0. The molecule has 1 fully saturated rings. The molecule has 0 atom stereocenters. The molecule has 6 nitrogen and oxygen atoms in total. The fraction of sp³-hybridized carbons (Fsp3) is 0.588. The van der Waals surface area contributed by atoms with Crippen LogP contribution in [-0.4, -0.2) is 30.5 Å². The Hall–Kier alpha value is -2.11. The summed E-state index contributed by atoms with van der Waals surface area (Å²) < 4.78 is 0. The van der Waals surface area contributed by atoms with E-state index in [0.29, 0.717) is 18.8 Å². The highest BCUT2D eigenvalue weighted by Gasteiger charge is 2.27. The molecule has 1 heterocycles. The zero-order valence-electron chi connectivity index (χ0n) is 13.7. The highest BCUT2D eigenvalue weighted by molar-refractivity contribution is 5.79. The number of hydrogen-bond acceptors (Lipinski definition) is 4. The molecule has 0 aromatic heterocycles. The molecule has 1 aromatic carbocycles. The van der Waals surface area contributed by atoms with Crippen molar-refractivity contribution in [2.45, 2.75) is 39.0 Å². The van der Waals surface area contributed by atoms with Crippen LogP contribution in [0.2, 0.25) is 0 Å². The molecule has 0 saturated carbocycles. The minimum Gasteiger partial charge on any atom is -0.366 e. The number of piperidine rings is 1. The van der Waals surface area contributed by atoms with Crippen LogP contribution in [0.15, 0.2) is 24.3 Å². The molecule has 1 N–H and O–H groups in total. The Morgan fingerprint density at radius 1 is 1.30 bits per heavy atom. The van der Waals surface area contributed by atoms with Crippen LogP contribution in [0, 0.1) is 16.0 Å². The largest absolute Gasteiger partial charge is 0.366 e. The van der Waals surface area contributed by atoms with Crippen molar-refractivity contribution >= 4 is 17.3 Å². The molecule has 0 unspecified atom stereocenters. The van der Waals surface area contributed by atoms with Crippen molar-refractivity contribution in [3.63, 3.8) is 0 Å². The third-order valence-electron chi connectivity index (χ3n) is 4.36. The number of carbonyl (C=O) groups excluding carboxylic acids is 1. The summed E-state index contributed by atoms with van der Waals surface area (Å²) in [5.41, 5.74) is 0.786. The molecule has 0 spiro atoms. The Morgan fingerprint density at radius 3 is 2.65 bits per heavy atom. The van der Waals surface area contributed by atoms with Gasteiger partial charge in [0.1, 0.15) is 5.69 Å².